The molecule has 1 unspecified atom stereocenters. The van der Waals surface area contributed by atoms with Crippen LogP contribution in [-0.2, 0) is 9.53 Å². The Kier molecular flexibility index (Phi) is 2.82. The molecule has 1 atom stereocenters. The number of esters is 1. The lowest BCUT2D eigenvalue weighted by Crippen LogP contribution is -2.10. The van der Waals surface area contributed by atoms with Gasteiger partial charge in [0.2, 0.25) is 0 Å². The van der Waals surface area contributed by atoms with Crippen LogP contribution < -0.4 is 5.32 Å². The maximum atomic E-state index is 11.2. The number of rotatable bonds is 2. The fraction of sp³-hybridized carbons (Fsp3) is 0.364. The first-order valence-corrected chi connectivity index (χ1v) is 5.18. The molecular weight excluding hydrogens is 214 g/mol. The van der Waals surface area contributed by atoms with Crippen molar-refractivity contribution in [2.75, 3.05) is 19.0 Å². The van der Waals surface area contributed by atoms with Gasteiger partial charge in [0.1, 0.15) is 0 Å². The van der Waals surface area contributed by atoms with Crippen molar-refractivity contribution in [2.24, 2.45) is 0 Å². The van der Waals surface area contributed by atoms with E-state index in [0.717, 1.165) is 17.8 Å². The molecule has 0 radical (unpaired) electrons. The molecule has 0 aliphatic carbocycles. The smallest absolute Gasteiger partial charge is 0.306 e. The van der Waals surface area contributed by atoms with E-state index in [2.05, 4.69) is 10.1 Å². The van der Waals surface area contributed by atoms with E-state index >= 15 is 0 Å². The van der Waals surface area contributed by atoms with Gasteiger partial charge < -0.3 is 10.1 Å². The van der Waals surface area contributed by atoms with Crippen LogP contribution in [0.15, 0.2) is 18.2 Å². The Balaban J connectivity index is 2.20. The number of nitrogens with one attached hydrogen (secondary N) is 1. The standard InChI is InChI=1S/C11H12ClNO2/c1-15-11(14)4-7-6-13-10-3-2-8(12)5-9(7)10/h2-3,5,7,13H,4,6H2,1H3. The van der Waals surface area contributed by atoms with Crippen LogP contribution in [0.25, 0.3) is 0 Å². The molecule has 1 aromatic carbocycles. The number of fused-ring (bicyclic) bond motifs is 1. The van der Waals surface area contributed by atoms with Gasteiger partial charge in [-0.15, -0.1) is 0 Å². The highest BCUT2D eigenvalue weighted by molar-refractivity contribution is 6.30. The number of halogens is 1. The molecular formula is C11H12ClNO2. The number of benzene rings is 1. The van der Waals surface area contributed by atoms with Crippen molar-refractivity contribution >= 4 is 23.3 Å². The Morgan fingerprint density at radius 2 is 2.47 bits per heavy atom. The first-order chi connectivity index (χ1) is 7.20. The van der Waals surface area contributed by atoms with E-state index in [1.165, 1.54) is 7.11 Å². The summed E-state index contributed by atoms with van der Waals surface area (Å²) in [5.74, 6) is -0.0132. The average molecular weight is 226 g/mol. The summed E-state index contributed by atoms with van der Waals surface area (Å²) < 4.78 is 4.66. The Hall–Kier alpha value is -1.22. The normalized spacial score (nSPS) is 18.1. The minimum atomic E-state index is -0.186. The van der Waals surface area contributed by atoms with Crippen LogP contribution in [0.4, 0.5) is 5.69 Å². The van der Waals surface area contributed by atoms with E-state index in [-0.39, 0.29) is 11.9 Å². The van der Waals surface area contributed by atoms with E-state index in [9.17, 15) is 4.79 Å². The van der Waals surface area contributed by atoms with Crippen molar-refractivity contribution in [3.8, 4) is 0 Å². The van der Waals surface area contributed by atoms with E-state index in [0.29, 0.717) is 11.4 Å². The second-order valence-corrected chi connectivity index (χ2v) is 4.03. The van der Waals surface area contributed by atoms with Gasteiger partial charge in [0.15, 0.2) is 0 Å². The van der Waals surface area contributed by atoms with Crippen LogP contribution in [0.1, 0.15) is 17.9 Å². The number of methoxy groups -OCH3 is 1. The van der Waals surface area contributed by atoms with Crippen molar-refractivity contribution in [1.29, 1.82) is 0 Å². The van der Waals surface area contributed by atoms with E-state index in [4.69, 9.17) is 11.6 Å². The molecule has 15 heavy (non-hydrogen) atoms. The van der Waals surface area contributed by atoms with Gasteiger partial charge in [-0.3, -0.25) is 4.79 Å². The number of hydrogen-bond acceptors (Lipinski definition) is 3. The monoisotopic (exact) mass is 225 g/mol. The maximum absolute atomic E-state index is 11.2. The lowest BCUT2D eigenvalue weighted by Gasteiger charge is -2.08. The predicted molar refractivity (Wildman–Crippen MR) is 59.3 cm³/mol. The number of anilines is 1. The number of carbonyl (C=O) groups is 1. The molecule has 0 spiro atoms. The first-order valence-electron chi connectivity index (χ1n) is 4.81. The first kappa shape index (κ1) is 10.3. The van der Waals surface area contributed by atoms with Gasteiger partial charge >= 0.3 is 5.97 Å². The molecule has 0 amide bonds. The van der Waals surface area contributed by atoms with Crippen LogP contribution in [0.5, 0.6) is 0 Å². The van der Waals surface area contributed by atoms with Crippen molar-refractivity contribution in [1.82, 2.24) is 0 Å². The highest BCUT2D eigenvalue weighted by atomic mass is 35.5. The van der Waals surface area contributed by atoms with Crippen LogP contribution in [0.3, 0.4) is 0 Å². The Bertz CT molecular complexity index is 392. The molecule has 0 fully saturated rings. The van der Waals surface area contributed by atoms with Crippen molar-refractivity contribution < 1.29 is 9.53 Å². The second-order valence-electron chi connectivity index (χ2n) is 3.59. The number of ether oxygens (including phenoxy) is 1. The molecule has 80 valence electrons. The SMILES string of the molecule is COC(=O)CC1CNc2ccc(Cl)cc21. The molecule has 2 rings (SSSR count). The van der Waals surface area contributed by atoms with E-state index < -0.39 is 0 Å². The lowest BCUT2D eigenvalue weighted by molar-refractivity contribution is -0.140. The molecule has 0 aromatic heterocycles. The molecule has 1 heterocycles. The van der Waals surface area contributed by atoms with Gasteiger partial charge in [0.25, 0.3) is 0 Å². The minimum absolute atomic E-state index is 0.172. The maximum Gasteiger partial charge on any atom is 0.306 e. The zero-order chi connectivity index (χ0) is 10.8. The fourth-order valence-corrected chi connectivity index (χ4v) is 2.02. The second kappa shape index (κ2) is 4.11. The van der Waals surface area contributed by atoms with Gasteiger partial charge in [0.05, 0.1) is 13.5 Å². The Morgan fingerprint density at radius 3 is 3.20 bits per heavy atom. The summed E-state index contributed by atoms with van der Waals surface area (Å²) in [5, 5.41) is 3.94. The highest BCUT2D eigenvalue weighted by Crippen LogP contribution is 2.35. The molecule has 0 saturated heterocycles. The van der Waals surface area contributed by atoms with Crippen LogP contribution in [0.2, 0.25) is 5.02 Å². The van der Waals surface area contributed by atoms with Gasteiger partial charge in [-0.05, 0) is 23.8 Å². The third kappa shape index (κ3) is 2.07. The van der Waals surface area contributed by atoms with Crippen LogP contribution >= 0.6 is 11.6 Å². The summed E-state index contributed by atoms with van der Waals surface area (Å²) in [5.41, 5.74) is 2.17. The Labute approximate surface area is 93.4 Å². The summed E-state index contributed by atoms with van der Waals surface area (Å²) in [6.45, 7) is 0.769. The van der Waals surface area contributed by atoms with E-state index in [1.54, 1.807) is 0 Å². The molecule has 1 aromatic rings. The summed E-state index contributed by atoms with van der Waals surface area (Å²) >= 11 is 5.92. The van der Waals surface area contributed by atoms with Gasteiger partial charge in [-0.1, -0.05) is 11.6 Å². The van der Waals surface area contributed by atoms with Crippen LogP contribution in [0, 0.1) is 0 Å². The van der Waals surface area contributed by atoms with Crippen molar-refractivity contribution in [3.63, 3.8) is 0 Å². The summed E-state index contributed by atoms with van der Waals surface area (Å²) in [6, 6.07) is 5.69. The van der Waals surface area contributed by atoms with Gasteiger partial charge in [-0.2, -0.15) is 0 Å². The largest absolute Gasteiger partial charge is 0.469 e. The summed E-state index contributed by atoms with van der Waals surface area (Å²) in [4.78, 5) is 11.2. The zero-order valence-electron chi connectivity index (χ0n) is 8.42. The topological polar surface area (TPSA) is 38.3 Å². The number of carbonyl (C=O) groups excluding carboxylic acids is 1. The molecule has 0 saturated carbocycles. The average Bonchev–Trinajstić information content (AvgIpc) is 2.61. The fourth-order valence-electron chi connectivity index (χ4n) is 1.84. The molecule has 0 bridgehead atoms. The highest BCUT2D eigenvalue weighted by Gasteiger charge is 2.24. The molecule has 4 heteroatoms. The summed E-state index contributed by atoms with van der Waals surface area (Å²) in [7, 11) is 1.41. The molecule has 1 aliphatic rings. The molecule has 1 N–H and O–H groups in total. The van der Waals surface area contributed by atoms with Gasteiger partial charge in [-0.25, -0.2) is 0 Å². The Morgan fingerprint density at radius 1 is 1.67 bits per heavy atom. The lowest BCUT2D eigenvalue weighted by atomic mass is 9.98. The third-order valence-electron chi connectivity index (χ3n) is 2.63. The van der Waals surface area contributed by atoms with Gasteiger partial charge in [0, 0.05) is 23.2 Å². The van der Waals surface area contributed by atoms with Crippen molar-refractivity contribution in [3.05, 3.63) is 28.8 Å². The third-order valence-corrected chi connectivity index (χ3v) is 2.87. The quantitative estimate of drug-likeness (QED) is 0.786. The van der Waals surface area contributed by atoms with Crippen molar-refractivity contribution in [2.45, 2.75) is 12.3 Å². The predicted octanol–water partition coefficient (Wildman–Crippen LogP) is 2.41. The zero-order valence-corrected chi connectivity index (χ0v) is 9.17. The summed E-state index contributed by atoms with van der Waals surface area (Å²) in [6.07, 6.45) is 0.400. The molecule has 3 nitrogen and oxygen atoms in total. The number of hydrogen-bond donors (Lipinski definition) is 1. The van der Waals surface area contributed by atoms with Crippen LogP contribution in [-0.4, -0.2) is 19.6 Å². The minimum Gasteiger partial charge on any atom is -0.469 e. The van der Waals surface area contributed by atoms with E-state index in [1.807, 2.05) is 18.2 Å². The molecule has 1 aliphatic heterocycles.